The molecular weight excluding hydrogens is 300 g/mol. The van der Waals surface area contributed by atoms with E-state index in [2.05, 4.69) is 62.6 Å². The van der Waals surface area contributed by atoms with Crippen molar-refractivity contribution >= 4 is 15.9 Å². The Morgan fingerprint density at radius 1 is 1.16 bits per heavy atom. The number of benzene rings is 1. The van der Waals surface area contributed by atoms with Crippen LogP contribution in [0.15, 0.2) is 53.1 Å². The predicted octanol–water partition coefficient (Wildman–Crippen LogP) is 4.13. The number of nitrogens with one attached hydrogen (secondary N) is 1. The summed E-state index contributed by atoms with van der Waals surface area (Å²) in [5.41, 5.74) is 2.51. The van der Waals surface area contributed by atoms with Gasteiger partial charge in [-0.05, 0) is 59.9 Å². The molecule has 1 heterocycles. The number of rotatable bonds is 6. The number of hydrogen-bond acceptors (Lipinski definition) is 2. The van der Waals surface area contributed by atoms with Crippen LogP contribution in [0.5, 0.6) is 0 Å². The fraction of sp³-hybridized carbons (Fsp3) is 0.312. The summed E-state index contributed by atoms with van der Waals surface area (Å²) < 4.78 is 1.02. The summed E-state index contributed by atoms with van der Waals surface area (Å²) in [5, 5.41) is 3.35. The highest BCUT2D eigenvalue weighted by molar-refractivity contribution is 9.10. The maximum atomic E-state index is 4.47. The SMILES string of the molecule is CNC(CCCc1ccccc1)c1ccc(Br)cn1. The molecular formula is C16H19BrN2. The molecule has 0 saturated heterocycles. The molecule has 0 spiro atoms. The topological polar surface area (TPSA) is 24.9 Å². The lowest BCUT2D eigenvalue weighted by Gasteiger charge is -2.15. The van der Waals surface area contributed by atoms with E-state index in [1.807, 2.05) is 19.3 Å². The van der Waals surface area contributed by atoms with Crippen molar-refractivity contribution < 1.29 is 0 Å². The predicted molar refractivity (Wildman–Crippen MR) is 83.1 cm³/mol. The third-order valence-corrected chi connectivity index (χ3v) is 3.73. The lowest BCUT2D eigenvalue weighted by Crippen LogP contribution is -2.17. The van der Waals surface area contributed by atoms with E-state index in [0.717, 1.165) is 29.4 Å². The molecule has 1 unspecified atom stereocenters. The van der Waals surface area contributed by atoms with Gasteiger partial charge in [0.05, 0.1) is 5.69 Å². The van der Waals surface area contributed by atoms with Gasteiger partial charge in [0, 0.05) is 16.7 Å². The Balaban J connectivity index is 1.87. The summed E-state index contributed by atoms with van der Waals surface area (Å²) in [4.78, 5) is 4.47. The molecule has 0 aliphatic rings. The van der Waals surface area contributed by atoms with E-state index >= 15 is 0 Å². The third kappa shape index (κ3) is 4.44. The van der Waals surface area contributed by atoms with Crippen molar-refractivity contribution in [3.8, 4) is 0 Å². The van der Waals surface area contributed by atoms with Crippen LogP contribution in [0.1, 0.15) is 30.1 Å². The van der Waals surface area contributed by atoms with Crippen molar-refractivity contribution in [2.75, 3.05) is 7.05 Å². The summed E-state index contributed by atoms with van der Waals surface area (Å²) in [6.45, 7) is 0. The van der Waals surface area contributed by atoms with Gasteiger partial charge in [-0.15, -0.1) is 0 Å². The molecule has 1 atom stereocenters. The standard InChI is InChI=1S/C16H19BrN2/c1-18-15(16-11-10-14(17)12-19-16)9-5-8-13-6-3-2-4-7-13/h2-4,6-7,10-12,15,18H,5,8-9H2,1H3. The second kappa shape index (κ2) is 7.41. The number of halogens is 1. The van der Waals surface area contributed by atoms with Crippen LogP contribution in [-0.2, 0) is 6.42 Å². The largest absolute Gasteiger partial charge is 0.312 e. The first kappa shape index (κ1) is 14.2. The van der Waals surface area contributed by atoms with Crippen LogP contribution in [0, 0.1) is 0 Å². The number of aromatic nitrogens is 1. The number of nitrogens with zero attached hydrogens (tertiary/aromatic N) is 1. The van der Waals surface area contributed by atoms with Crippen LogP contribution in [0.4, 0.5) is 0 Å². The number of aryl methyl sites for hydroxylation is 1. The van der Waals surface area contributed by atoms with Gasteiger partial charge in [-0.25, -0.2) is 0 Å². The van der Waals surface area contributed by atoms with Gasteiger partial charge in [0.25, 0.3) is 0 Å². The zero-order chi connectivity index (χ0) is 13.5. The average Bonchev–Trinajstić information content (AvgIpc) is 2.46. The second-order valence-corrected chi connectivity index (χ2v) is 5.54. The Kier molecular flexibility index (Phi) is 5.55. The normalized spacial score (nSPS) is 12.3. The molecule has 0 saturated carbocycles. The molecule has 0 fully saturated rings. The zero-order valence-electron chi connectivity index (χ0n) is 11.1. The van der Waals surface area contributed by atoms with E-state index < -0.39 is 0 Å². The van der Waals surface area contributed by atoms with Crippen LogP contribution >= 0.6 is 15.9 Å². The maximum absolute atomic E-state index is 4.47. The molecule has 0 aliphatic carbocycles. The molecule has 0 amide bonds. The number of pyridine rings is 1. The molecule has 2 rings (SSSR count). The summed E-state index contributed by atoms with van der Waals surface area (Å²) >= 11 is 3.42. The molecule has 0 bridgehead atoms. The fourth-order valence-electron chi connectivity index (χ4n) is 2.19. The van der Waals surface area contributed by atoms with E-state index in [1.165, 1.54) is 5.56 Å². The van der Waals surface area contributed by atoms with Crippen molar-refractivity contribution in [3.05, 3.63) is 64.4 Å². The Morgan fingerprint density at radius 3 is 2.58 bits per heavy atom. The zero-order valence-corrected chi connectivity index (χ0v) is 12.7. The van der Waals surface area contributed by atoms with E-state index in [9.17, 15) is 0 Å². The lowest BCUT2D eigenvalue weighted by molar-refractivity contribution is 0.515. The summed E-state index contributed by atoms with van der Waals surface area (Å²) in [6.07, 6.45) is 5.24. The van der Waals surface area contributed by atoms with Crippen LogP contribution in [-0.4, -0.2) is 12.0 Å². The Morgan fingerprint density at radius 2 is 1.95 bits per heavy atom. The van der Waals surface area contributed by atoms with Crippen molar-refractivity contribution in [2.24, 2.45) is 0 Å². The van der Waals surface area contributed by atoms with Gasteiger partial charge in [0.15, 0.2) is 0 Å². The highest BCUT2D eigenvalue weighted by atomic mass is 79.9. The Hall–Kier alpha value is -1.19. The quantitative estimate of drug-likeness (QED) is 0.866. The fourth-order valence-corrected chi connectivity index (χ4v) is 2.42. The molecule has 1 aromatic carbocycles. The van der Waals surface area contributed by atoms with Gasteiger partial charge in [-0.2, -0.15) is 0 Å². The second-order valence-electron chi connectivity index (χ2n) is 4.62. The molecule has 1 N–H and O–H groups in total. The summed E-state index contributed by atoms with van der Waals surface area (Å²) in [6, 6.07) is 15.1. The lowest BCUT2D eigenvalue weighted by atomic mass is 10.0. The third-order valence-electron chi connectivity index (χ3n) is 3.26. The maximum Gasteiger partial charge on any atom is 0.0573 e. The number of hydrogen-bond donors (Lipinski definition) is 1. The van der Waals surface area contributed by atoms with Crippen molar-refractivity contribution in [3.63, 3.8) is 0 Å². The van der Waals surface area contributed by atoms with E-state index in [1.54, 1.807) is 0 Å². The highest BCUT2D eigenvalue weighted by Gasteiger charge is 2.10. The van der Waals surface area contributed by atoms with Gasteiger partial charge >= 0.3 is 0 Å². The van der Waals surface area contributed by atoms with Crippen LogP contribution in [0.2, 0.25) is 0 Å². The summed E-state index contributed by atoms with van der Waals surface area (Å²) in [5.74, 6) is 0. The van der Waals surface area contributed by atoms with E-state index in [-0.39, 0.29) is 0 Å². The minimum atomic E-state index is 0.330. The Labute approximate surface area is 123 Å². The summed E-state index contributed by atoms with van der Waals surface area (Å²) in [7, 11) is 2.00. The van der Waals surface area contributed by atoms with Crippen molar-refractivity contribution in [1.29, 1.82) is 0 Å². The minimum absolute atomic E-state index is 0.330. The van der Waals surface area contributed by atoms with Gasteiger partial charge in [-0.1, -0.05) is 30.3 Å². The average molecular weight is 319 g/mol. The van der Waals surface area contributed by atoms with Crippen LogP contribution < -0.4 is 5.32 Å². The van der Waals surface area contributed by atoms with Crippen molar-refractivity contribution in [1.82, 2.24) is 10.3 Å². The van der Waals surface area contributed by atoms with Crippen LogP contribution in [0.3, 0.4) is 0 Å². The molecule has 3 heteroatoms. The van der Waals surface area contributed by atoms with E-state index in [0.29, 0.717) is 6.04 Å². The van der Waals surface area contributed by atoms with E-state index in [4.69, 9.17) is 0 Å². The molecule has 19 heavy (non-hydrogen) atoms. The van der Waals surface area contributed by atoms with Crippen molar-refractivity contribution in [2.45, 2.75) is 25.3 Å². The molecule has 100 valence electrons. The smallest absolute Gasteiger partial charge is 0.0573 e. The molecule has 0 aliphatic heterocycles. The van der Waals surface area contributed by atoms with Gasteiger partial charge in [0.2, 0.25) is 0 Å². The minimum Gasteiger partial charge on any atom is -0.312 e. The molecule has 0 radical (unpaired) electrons. The monoisotopic (exact) mass is 318 g/mol. The van der Waals surface area contributed by atoms with Gasteiger partial charge in [0.1, 0.15) is 0 Å². The first-order valence-corrected chi connectivity index (χ1v) is 7.41. The van der Waals surface area contributed by atoms with Gasteiger partial charge < -0.3 is 5.32 Å². The first-order chi connectivity index (χ1) is 9.29. The molecule has 1 aromatic heterocycles. The molecule has 2 nitrogen and oxygen atoms in total. The highest BCUT2D eigenvalue weighted by Crippen LogP contribution is 2.19. The first-order valence-electron chi connectivity index (χ1n) is 6.62. The molecule has 2 aromatic rings. The van der Waals surface area contributed by atoms with Crippen LogP contribution in [0.25, 0.3) is 0 Å². The Bertz CT molecular complexity index is 482. The van der Waals surface area contributed by atoms with Gasteiger partial charge in [-0.3, -0.25) is 4.98 Å².